The van der Waals surface area contributed by atoms with Gasteiger partial charge in [0, 0.05) is 25.3 Å². The molecule has 0 atom stereocenters. The quantitative estimate of drug-likeness (QED) is 0.741. The van der Waals surface area contributed by atoms with Crippen LogP contribution >= 0.6 is 0 Å². The number of aromatic nitrogens is 3. The second kappa shape index (κ2) is 5.22. The Balaban J connectivity index is 1.56. The molecule has 0 unspecified atom stereocenters. The minimum atomic E-state index is -4.54. The van der Waals surface area contributed by atoms with Gasteiger partial charge >= 0.3 is 12.2 Å². The summed E-state index contributed by atoms with van der Waals surface area (Å²) >= 11 is 0. The summed E-state index contributed by atoms with van der Waals surface area (Å²) in [4.78, 5) is 15.9. The third-order valence-electron chi connectivity index (χ3n) is 4.40. The standard InChI is InChI=1S/C15H14F3N5O/c16-15(17,18)13-20-19-12-9-21(7-8-23(12)13)14(24)22-6-5-10-3-1-2-4-11(10)22/h1-4H,5-9H2. The first-order chi connectivity index (χ1) is 11.4. The molecule has 0 aliphatic carbocycles. The average molecular weight is 337 g/mol. The van der Waals surface area contributed by atoms with Crippen molar-refractivity contribution in [2.75, 3.05) is 18.0 Å². The second-order valence-corrected chi connectivity index (χ2v) is 5.82. The number of urea groups is 1. The first kappa shape index (κ1) is 15.0. The van der Waals surface area contributed by atoms with Gasteiger partial charge in [0.2, 0.25) is 5.82 Å². The number of nitrogens with zero attached hydrogens (tertiary/aromatic N) is 5. The van der Waals surface area contributed by atoms with Crippen LogP contribution < -0.4 is 4.90 Å². The van der Waals surface area contributed by atoms with Gasteiger partial charge in [-0.05, 0) is 18.1 Å². The lowest BCUT2D eigenvalue weighted by molar-refractivity contribution is -0.147. The molecular formula is C15H14F3N5O. The van der Waals surface area contributed by atoms with E-state index in [-0.39, 0.29) is 31.5 Å². The smallest absolute Gasteiger partial charge is 0.315 e. The molecular weight excluding hydrogens is 323 g/mol. The number of carbonyl (C=O) groups is 1. The molecule has 1 aromatic carbocycles. The maximum absolute atomic E-state index is 12.9. The number of halogens is 3. The van der Waals surface area contributed by atoms with Crippen LogP contribution in [0.25, 0.3) is 0 Å². The van der Waals surface area contributed by atoms with Crippen molar-refractivity contribution >= 4 is 11.7 Å². The molecule has 1 aromatic heterocycles. The van der Waals surface area contributed by atoms with E-state index >= 15 is 0 Å². The predicted octanol–water partition coefficient (Wildman–Crippen LogP) is 2.30. The van der Waals surface area contributed by atoms with Crippen LogP contribution in [0.4, 0.5) is 23.7 Å². The molecule has 2 aliphatic heterocycles. The van der Waals surface area contributed by atoms with Gasteiger partial charge in [-0.1, -0.05) is 18.2 Å². The van der Waals surface area contributed by atoms with E-state index < -0.39 is 12.0 Å². The Bertz CT molecular complexity index is 801. The molecule has 2 aromatic rings. The second-order valence-electron chi connectivity index (χ2n) is 5.82. The van der Waals surface area contributed by atoms with Gasteiger partial charge < -0.3 is 9.47 Å². The Morgan fingerprint density at radius 1 is 1.08 bits per heavy atom. The Morgan fingerprint density at radius 2 is 1.88 bits per heavy atom. The molecule has 0 saturated heterocycles. The highest BCUT2D eigenvalue weighted by Gasteiger charge is 2.40. The van der Waals surface area contributed by atoms with Crippen molar-refractivity contribution < 1.29 is 18.0 Å². The summed E-state index contributed by atoms with van der Waals surface area (Å²) in [6.07, 6.45) is -3.75. The third-order valence-corrected chi connectivity index (χ3v) is 4.40. The maximum Gasteiger partial charge on any atom is 0.451 e. The van der Waals surface area contributed by atoms with Gasteiger partial charge in [-0.3, -0.25) is 4.90 Å². The van der Waals surface area contributed by atoms with Gasteiger partial charge in [0.15, 0.2) is 5.82 Å². The Hall–Kier alpha value is -2.58. The van der Waals surface area contributed by atoms with Gasteiger partial charge in [0.05, 0.1) is 6.54 Å². The zero-order valence-electron chi connectivity index (χ0n) is 12.6. The van der Waals surface area contributed by atoms with Crippen LogP contribution in [-0.4, -0.2) is 38.8 Å². The molecule has 0 spiro atoms. The zero-order valence-corrected chi connectivity index (χ0v) is 12.6. The molecule has 2 aliphatic rings. The zero-order chi connectivity index (χ0) is 16.9. The molecule has 9 heteroatoms. The monoisotopic (exact) mass is 337 g/mol. The summed E-state index contributed by atoms with van der Waals surface area (Å²) in [5.74, 6) is -0.842. The van der Waals surface area contributed by atoms with Gasteiger partial charge in [0.1, 0.15) is 0 Å². The lowest BCUT2D eigenvalue weighted by Gasteiger charge is -2.31. The topological polar surface area (TPSA) is 54.3 Å². The molecule has 0 fully saturated rings. The fourth-order valence-electron chi connectivity index (χ4n) is 3.24. The van der Waals surface area contributed by atoms with E-state index in [0.717, 1.165) is 22.2 Å². The number of alkyl halides is 3. The lowest BCUT2D eigenvalue weighted by Crippen LogP contribution is -2.46. The average Bonchev–Trinajstić information content (AvgIpc) is 3.17. The van der Waals surface area contributed by atoms with E-state index in [1.54, 1.807) is 4.90 Å². The van der Waals surface area contributed by atoms with E-state index in [4.69, 9.17) is 0 Å². The van der Waals surface area contributed by atoms with Crippen molar-refractivity contribution in [2.24, 2.45) is 0 Å². The van der Waals surface area contributed by atoms with E-state index in [1.165, 1.54) is 4.90 Å². The Morgan fingerprint density at radius 3 is 2.67 bits per heavy atom. The summed E-state index contributed by atoms with van der Waals surface area (Å²) in [6, 6.07) is 7.45. The van der Waals surface area contributed by atoms with E-state index in [9.17, 15) is 18.0 Å². The number of fused-ring (bicyclic) bond motifs is 2. The van der Waals surface area contributed by atoms with Crippen molar-refractivity contribution in [1.82, 2.24) is 19.7 Å². The lowest BCUT2D eigenvalue weighted by atomic mass is 10.2. The highest BCUT2D eigenvalue weighted by Crippen LogP contribution is 2.31. The van der Waals surface area contributed by atoms with Crippen LogP contribution in [0.5, 0.6) is 0 Å². The number of hydrogen-bond donors (Lipinski definition) is 0. The molecule has 24 heavy (non-hydrogen) atoms. The molecule has 0 radical (unpaired) electrons. The van der Waals surface area contributed by atoms with Gasteiger partial charge in [-0.2, -0.15) is 13.2 Å². The molecule has 3 heterocycles. The van der Waals surface area contributed by atoms with Crippen LogP contribution in [-0.2, 0) is 25.7 Å². The van der Waals surface area contributed by atoms with Crippen molar-refractivity contribution in [2.45, 2.75) is 25.7 Å². The number of carbonyl (C=O) groups excluding carboxylic acids is 1. The van der Waals surface area contributed by atoms with Gasteiger partial charge in [-0.15, -0.1) is 10.2 Å². The van der Waals surface area contributed by atoms with Crippen molar-refractivity contribution in [3.63, 3.8) is 0 Å². The van der Waals surface area contributed by atoms with Crippen LogP contribution in [0.15, 0.2) is 24.3 Å². The minimum absolute atomic E-state index is 0.0284. The molecule has 6 nitrogen and oxygen atoms in total. The molecule has 0 saturated carbocycles. The summed E-state index contributed by atoms with van der Waals surface area (Å²) in [5.41, 5.74) is 1.97. The Kier molecular flexibility index (Phi) is 3.26. The Labute approximate surface area is 135 Å². The first-order valence-corrected chi connectivity index (χ1v) is 7.59. The van der Waals surface area contributed by atoms with Crippen LogP contribution in [0.1, 0.15) is 17.2 Å². The van der Waals surface area contributed by atoms with Crippen molar-refractivity contribution in [3.05, 3.63) is 41.5 Å². The summed E-state index contributed by atoms with van der Waals surface area (Å²) in [7, 11) is 0. The first-order valence-electron chi connectivity index (χ1n) is 7.59. The van der Waals surface area contributed by atoms with Crippen molar-refractivity contribution in [1.29, 1.82) is 0 Å². The molecule has 4 rings (SSSR count). The maximum atomic E-state index is 12.9. The van der Waals surface area contributed by atoms with Crippen molar-refractivity contribution in [3.8, 4) is 0 Å². The number of anilines is 1. The largest absolute Gasteiger partial charge is 0.451 e. The number of para-hydroxylation sites is 1. The SMILES string of the molecule is O=C(N1CCn2c(nnc2C(F)(F)F)C1)N1CCc2ccccc21. The van der Waals surface area contributed by atoms with Gasteiger partial charge in [-0.25, -0.2) is 4.79 Å². The van der Waals surface area contributed by atoms with Crippen LogP contribution in [0, 0.1) is 0 Å². The molecule has 2 amide bonds. The van der Waals surface area contributed by atoms with Crippen LogP contribution in [0.2, 0.25) is 0 Å². The predicted molar refractivity (Wildman–Crippen MR) is 78.3 cm³/mol. The summed E-state index contributed by atoms with van der Waals surface area (Å²) < 4.78 is 39.6. The fraction of sp³-hybridized carbons (Fsp3) is 0.400. The highest BCUT2D eigenvalue weighted by molar-refractivity contribution is 5.94. The molecule has 0 N–H and O–H groups in total. The highest BCUT2D eigenvalue weighted by atomic mass is 19.4. The number of benzene rings is 1. The van der Waals surface area contributed by atoms with E-state index in [0.29, 0.717) is 6.54 Å². The minimum Gasteiger partial charge on any atom is -0.315 e. The number of hydrogen-bond acceptors (Lipinski definition) is 3. The fourth-order valence-corrected chi connectivity index (χ4v) is 3.24. The van der Waals surface area contributed by atoms with E-state index in [1.807, 2.05) is 24.3 Å². The van der Waals surface area contributed by atoms with Crippen LogP contribution in [0.3, 0.4) is 0 Å². The normalized spacial score (nSPS) is 17.0. The number of rotatable bonds is 0. The van der Waals surface area contributed by atoms with Gasteiger partial charge in [0.25, 0.3) is 0 Å². The van der Waals surface area contributed by atoms with E-state index in [2.05, 4.69) is 10.2 Å². The molecule has 126 valence electrons. The summed E-state index contributed by atoms with van der Waals surface area (Å²) in [5, 5.41) is 6.84. The number of amides is 2. The molecule has 0 bridgehead atoms. The summed E-state index contributed by atoms with van der Waals surface area (Å²) in [6.45, 7) is 0.847. The third kappa shape index (κ3) is 2.31.